The molecule has 0 unspecified atom stereocenters. The Labute approximate surface area is 138 Å². The van der Waals surface area contributed by atoms with Gasteiger partial charge in [0.25, 0.3) is 0 Å². The van der Waals surface area contributed by atoms with Crippen LogP contribution in [0.2, 0.25) is 0 Å². The summed E-state index contributed by atoms with van der Waals surface area (Å²) < 4.78 is 12.6. The number of rotatable bonds is 6. The van der Waals surface area contributed by atoms with Crippen molar-refractivity contribution in [2.75, 3.05) is 19.0 Å². The number of ether oxygens (including phenoxy) is 1. The minimum absolute atomic E-state index is 0.296. The van der Waals surface area contributed by atoms with E-state index < -0.39 is 12.1 Å². The zero-order valence-corrected chi connectivity index (χ0v) is 13.5. The standard InChI is InChI=1S/C16H19N5O3/c1-3-11-7-8-13(24-11)12(10-23-2)17-16(22)18-15-20-19-14-6-4-5-9-21(14)15/h4-9,12H,3,10H2,1-2H3,(H2,17,18,20,22)/t12-/m1/s1. The predicted molar refractivity (Wildman–Crippen MR) is 87.8 cm³/mol. The van der Waals surface area contributed by atoms with Gasteiger partial charge < -0.3 is 14.5 Å². The average Bonchev–Trinajstić information content (AvgIpc) is 3.22. The van der Waals surface area contributed by atoms with Crippen LogP contribution in [0.25, 0.3) is 5.65 Å². The third kappa shape index (κ3) is 3.38. The Balaban J connectivity index is 1.71. The third-order valence-corrected chi connectivity index (χ3v) is 3.55. The largest absolute Gasteiger partial charge is 0.464 e. The van der Waals surface area contributed by atoms with E-state index >= 15 is 0 Å². The number of aromatic nitrogens is 3. The molecule has 0 spiro atoms. The van der Waals surface area contributed by atoms with Gasteiger partial charge in [0.1, 0.15) is 17.6 Å². The number of nitrogens with one attached hydrogen (secondary N) is 2. The molecule has 0 aliphatic rings. The summed E-state index contributed by atoms with van der Waals surface area (Å²) in [5.41, 5.74) is 0.653. The Morgan fingerprint density at radius 2 is 2.21 bits per heavy atom. The number of hydrogen-bond donors (Lipinski definition) is 2. The van der Waals surface area contributed by atoms with Gasteiger partial charge in [-0.2, -0.15) is 0 Å². The maximum atomic E-state index is 12.3. The quantitative estimate of drug-likeness (QED) is 0.724. The maximum Gasteiger partial charge on any atom is 0.322 e. The van der Waals surface area contributed by atoms with Crippen LogP contribution in [-0.2, 0) is 11.2 Å². The lowest BCUT2D eigenvalue weighted by Gasteiger charge is -2.16. The van der Waals surface area contributed by atoms with E-state index in [0.717, 1.165) is 12.2 Å². The number of pyridine rings is 1. The van der Waals surface area contributed by atoms with Gasteiger partial charge in [-0.05, 0) is 24.3 Å². The first-order chi connectivity index (χ1) is 11.7. The van der Waals surface area contributed by atoms with E-state index in [-0.39, 0.29) is 0 Å². The lowest BCUT2D eigenvalue weighted by Crippen LogP contribution is -2.35. The highest BCUT2D eigenvalue weighted by Crippen LogP contribution is 2.18. The first-order valence-electron chi connectivity index (χ1n) is 7.66. The number of furan rings is 1. The predicted octanol–water partition coefficient (Wildman–Crippen LogP) is 2.39. The van der Waals surface area contributed by atoms with Gasteiger partial charge in [0.05, 0.1) is 6.61 Å². The molecule has 8 heteroatoms. The summed E-state index contributed by atoms with van der Waals surface area (Å²) in [4.78, 5) is 12.3. The second kappa shape index (κ2) is 7.14. The van der Waals surface area contributed by atoms with Crippen LogP contribution in [0.1, 0.15) is 24.5 Å². The zero-order chi connectivity index (χ0) is 16.9. The second-order valence-electron chi connectivity index (χ2n) is 5.22. The highest BCUT2D eigenvalue weighted by atomic mass is 16.5. The van der Waals surface area contributed by atoms with Crippen molar-refractivity contribution in [2.45, 2.75) is 19.4 Å². The number of aryl methyl sites for hydroxylation is 1. The molecule has 0 saturated heterocycles. The molecular weight excluding hydrogens is 310 g/mol. The van der Waals surface area contributed by atoms with Crippen LogP contribution in [0.4, 0.5) is 10.7 Å². The molecule has 3 aromatic rings. The highest BCUT2D eigenvalue weighted by molar-refractivity contribution is 5.88. The molecule has 8 nitrogen and oxygen atoms in total. The Kier molecular flexibility index (Phi) is 4.76. The number of fused-ring (bicyclic) bond motifs is 1. The van der Waals surface area contributed by atoms with Gasteiger partial charge in [-0.1, -0.05) is 13.0 Å². The fourth-order valence-corrected chi connectivity index (χ4v) is 2.36. The number of amides is 2. The van der Waals surface area contributed by atoms with Crippen molar-refractivity contribution in [2.24, 2.45) is 0 Å². The molecule has 2 N–H and O–H groups in total. The molecule has 24 heavy (non-hydrogen) atoms. The van der Waals surface area contributed by atoms with Crippen LogP contribution in [0.15, 0.2) is 40.9 Å². The van der Waals surface area contributed by atoms with Crippen molar-refractivity contribution in [3.63, 3.8) is 0 Å². The van der Waals surface area contributed by atoms with E-state index in [1.54, 1.807) is 23.8 Å². The smallest absolute Gasteiger partial charge is 0.322 e. The Hall–Kier alpha value is -2.87. The number of nitrogens with zero attached hydrogens (tertiary/aromatic N) is 3. The number of carbonyl (C=O) groups is 1. The first kappa shape index (κ1) is 16.0. The Bertz CT molecular complexity index is 826. The van der Waals surface area contributed by atoms with E-state index in [1.165, 1.54) is 0 Å². The van der Waals surface area contributed by atoms with E-state index in [1.807, 2.05) is 31.2 Å². The molecule has 0 radical (unpaired) electrons. The molecule has 0 aliphatic carbocycles. The van der Waals surface area contributed by atoms with Crippen LogP contribution < -0.4 is 10.6 Å². The maximum absolute atomic E-state index is 12.3. The lowest BCUT2D eigenvalue weighted by atomic mass is 10.2. The van der Waals surface area contributed by atoms with Gasteiger partial charge in [0.15, 0.2) is 5.65 Å². The van der Waals surface area contributed by atoms with Crippen LogP contribution in [0.3, 0.4) is 0 Å². The van der Waals surface area contributed by atoms with Gasteiger partial charge in [-0.3, -0.25) is 9.72 Å². The summed E-state index contributed by atoms with van der Waals surface area (Å²) >= 11 is 0. The molecule has 2 amide bonds. The number of carbonyl (C=O) groups excluding carboxylic acids is 1. The van der Waals surface area contributed by atoms with Crippen LogP contribution in [0.5, 0.6) is 0 Å². The molecule has 0 bridgehead atoms. The normalized spacial score (nSPS) is 12.2. The monoisotopic (exact) mass is 329 g/mol. The third-order valence-electron chi connectivity index (χ3n) is 3.55. The van der Waals surface area contributed by atoms with Crippen molar-refractivity contribution in [3.8, 4) is 0 Å². The molecule has 126 valence electrons. The Morgan fingerprint density at radius 3 is 2.96 bits per heavy atom. The van der Waals surface area contributed by atoms with Gasteiger partial charge >= 0.3 is 6.03 Å². The number of urea groups is 1. The molecule has 1 atom stereocenters. The summed E-state index contributed by atoms with van der Waals surface area (Å²) in [7, 11) is 1.57. The van der Waals surface area contributed by atoms with Crippen molar-refractivity contribution >= 4 is 17.6 Å². The van der Waals surface area contributed by atoms with E-state index in [0.29, 0.717) is 24.0 Å². The fraction of sp³-hybridized carbons (Fsp3) is 0.312. The molecule has 0 aromatic carbocycles. The van der Waals surface area contributed by atoms with Crippen molar-refractivity contribution in [3.05, 3.63) is 48.0 Å². The topological polar surface area (TPSA) is 93.7 Å². The highest BCUT2D eigenvalue weighted by Gasteiger charge is 2.19. The summed E-state index contributed by atoms with van der Waals surface area (Å²) in [6.45, 7) is 2.30. The van der Waals surface area contributed by atoms with Gasteiger partial charge in [0, 0.05) is 19.7 Å². The molecule has 3 heterocycles. The molecule has 3 aromatic heterocycles. The van der Waals surface area contributed by atoms with Crippen molar-refractivity contribution in [1.29, 1.82) is 0 Å². The number of methoxy groups -OCH3 is 1. The number of anilines is 1. The van der Waals surface area contributed by atoms with Gasteiger partial charge in [-0.25, -0.2) is 4.79 Å². The molecule has 0 saturated carbocycles. The minimum atomic E-state index is -0.412. The summed E-state index contributed by atoms with van der Waals surface area (Å²) in [6, 6.07) is 8.42. The van der Waals surface area contributed by atoms with E-state index in [4.69, 9.17) is 9.15 Å². The van der Waals surface area contributed by atoms with Crippen molar-refractivity contribution < 1.29 is 13.9 Å². The molecule has 3 rings (SSSR count). The summed E-state index contributed by atoms with van der Waals surface area (Å²) in [5.74, 6) is 1.85. The minimum Gasteiger partial charge on any atom is -0.464 e. The second-order valence-corrected chi connectivity index (χ2v) is 5.22. The molecule has 0 aliphatic heterocycles. The van der Waals surface area contributed by atoms with Crippen LogP contribution in [0, 0.1) is 0 Å². The van der Waals surface area contributed by atoms with Crippen LogP contribution in [-0.4, -0.2) is 34.3 Å². The SMILES string of the molecule is CCc1ccc([C@@H](COC)NC(=O)Nc2nnc3ccccn23)o1. The summed E-state index contributed by atoms with van der Waals surface area (Å²) in [5, 5.41) is 13.5. The summed E-state index contributed by atoms with van der Waals surface area (Å²) in [6.07, 6.45) is 2.56. The zero-order valence-electron chi connectivity index (χ0n) is 13.5. The van der Waals surface area contributed by atoms with Gasteiger partial charge in [-0.15, -0.1) is 10.2 Å². The average molecular weight is 329 g/mol. The van der Waals surface area contributed by atoms with E-state index in [9.17, 15) is 4.79 Å². The van der Waals surface area contributed by atoms with Gasteiger partial charge in [0.2, 0.25) is 5.95 Å². The lowest BCUT2D eigenvalue weighted by molar-refractivity contribution is 0.158. The number of hydrogen-bond acceptors (Lipinski definition) is 5. The fourth-order valence-electron chi connectivity index (χ4n) is 2.36. The van der Waals surface area contributed by atoms with Crippen LogP contribution >= 0.6 is 0 Å². The Morgan fingerprint density at radius 1 is 1.33 bits per heavy atom. The first-order valence-corrected chi connectivity index (χ1v) is 7.66. The molecule has 0 fully saturated rings. The van der Waals surface area contributed by atoms with Crippen molar-refractivity contribution in [1.82, 2.24) is 19.9 Å². The molecular formula is C16H19N5O3. The van der Waals surface area contributed by atoms with E-state index in [2.05, 4.69) is 20.8 Å².